The molecule has 1 unspecified atom stereocenters. The highest BCUT2D eigenvalue weighted by molar-refractivity contribution is 5.97. The zero-order valence-electron chi connectivity index (χ0n) is 17.0. The van der Waals surface area contributed by atoms with Gasteiger partial charge in [0.2, 0.25) is 0 Å². The Morgan fingerprint density at radius 3 is 2.70 bits per heavy atom. The summed E-state index contributed by atoms with van der Waals surface area (Å²) in [4.78, 5) is 40.6. The second-order valence-electron chi connectivity index (χ2n) is 7.16. The van der Waals surface area contributed by atoms with E-state index in [4.69, 9.17) is 14.2 Å². The fraction of sp³-hybridized carbons (Fsp3) is 0.381. The van der Waals surface area contributed by atoms with Crippen LogP contribution >= 0.6 is 0 Å². The lowest BCUT2D eigenvalue weighted by atomic mass is 9.82. The number of aromatic amines is 1. The summed E-state index contributed by atoms with van der Waals surface area (Å²) in [6.45, 7) is 2.50. The molecule has 4 rings (SSSR count). The lowest BCUT2D eigenvalue weighted by molar-refractivity contribution is -0.136. The maximum absolute atomic E-state index is 13.0. The van der Waals surface area contributed by atoms with Crippen LogP contribution in [0.15, 0.2) is 39.1 Å². The van der Waals surface area contributed by atoms with Gasteiger partial charge >= 0.3 is 11.7 Å². The van der Waals surface area contributed by atoms with Crippen LogP contribution in [0.4, 0.5) is 5.82 Å². The molecule has 0 fully saturated rings. The molecule has 2 aromatic rings. The summed E-state index contributed by atoms with van der Waals surface area (Å²) in [6.07, 6.45) is 1.64. The minimum atomic E-state index is -0.770. The van der Waals surface area contributed by atoms with Gasteiger partial charge in [-0.05, 0) is 24.6 Å². The number of aromatic nitrogens is 2. The van der Waals surface area contributed by atoms with Crippen LogP contribution in [-0.4, -0.2) is 36.3 Å². The van der Waals surface area contributed by atoms with Gasteiger partial charge in [0.05, 0.1) is 37.0 Å². The molecule has 2 N–H and O–H groups in total. The predicted molar refractivity (Wildman–Crippen MR) is 109 cm³/mol. The molecule has 0 radical (unpaired) electrons. The number of hydrogen-bond acceptors (Lipinski definition) is 7. The minimum Gasteiger partial charge on any atom is -0.497 e. The zero-order valence-corrected chi connectivity index (χ0v) is 17.0. The molecule has 3 heterocycles. The van der Waals surface area contributed by atoms with Gasteiger partial charge in [-0.15, -0.1) is 0 Å². The van der Waals surface area contributed by atoms with Gasteiger partial charge in [0.15, 0.2) is 0 Å². The van der Waals surface area contributed by atoms with Crippen molar-refractivity contribution in [1.29, 1.82) is 0 Å². The van der Waals surface area contributed by atoms with Crippen molar-refractivity contribution < 1.29 is 19.0 Å². The van der Waals surface area contributed by atoms with E-state index < -0.39 is 23.1 Å². The normalized spacial score (nSPS) is 17.2. The molecule has 2 aliphatic heterocycles. The van der Waals surface area contributed by atoms with Gasteiger partial charge in [0, 0.05) is 12.1 Å². The first-order chi connectivity index (χ1) is 14.5. The Hall–Kier alpha value is -3.49. The van der Waals surface area contributed by atoms with Crippen LogP contribution in [0.5, 0.6) is 11.5 Å². The van der Waals surface area contributed by atoms with Crippen LogP contribution in [0, 0.1) is 0 Å². The fourth-order valence-electron chi connectivity index (χ4n) is 3.99. The Balaban J connectivity index is 2.03. The molecule has 1 atom stereocenters. The lowest BCUT2D eigenvalue weighted by Gasteiger charge is -2.29. The Bertz CT molecular complexity index is 1160. The summed E-state index contributed by atoms with van der Waals surface area (Å²) in [5.41, 5.74) is 0.673. The van der Waals surface area contributed by atoms with E-state index in [0.717, 1.165) is 12.8 Å². The summed E-state index contributed by atoms with van der Waals surface area (Å²) >= 11 is 0. The number of nitrogens with zero attached hydrogens (tertiary/aromatic N) is 1. The van der Waals surface area contributed by atoms with Gasteiger partial charge in [-0.25, -0.2) is 9.59 Å². The number of nitrogens with one attached hydrogen (secondary N) is 2. The fourth-order valence-corrected chi connectivity index (χ4v) is 3.99. The SMILES string of the molecule is CCCCn1c2c(c(=O)[nH]c1=O)C(c1cc(OC)ccc1OC)C1=C(COC1=O)N2. The van der Waals surface area contributed by atoms with Gasteiger partial charge in [0.1, 0.15) is 23.9 Å². The number of benzene rings is 1. The van der Waals surface area contributed by atoms with Crippen molar-refractivity contribution in [2.45, 2.75) is 32.2 Å². The first kappa shape index (κ1) is 19.8. The maximum atomic E-state index is 13.0. The third-order valence-corrected chi connectivity index (χ3v) is 5.46. The minimum absolute atomic E-state index is 0.0468. The third-order valence-electron chi connectivity index (χ3n) is 5.46. The van der Waals surface area contributed by atoms with E-state index in [1.807, 2.05) is 6.92 Å². The number of methoxy groups -OCH3 is 2. The molecule has 0 spiro atoms. The van der Waals surface area contributed by atoms with Crippen molar-refractivity contribution in [3.05, 3.63) is 61.4 Å². The summed E-state index contributed by atoms with van der Waals surface area (Å²) in [5, 5.41) is 3.12. The second-order valence-corrected chi connectivity index (χ2v) is 7.16. The highest BCUT2D eigenvalue weighted by Crippen LogP contribution is 2.45. The van der Waals surface area contributed by atoms with E-state index in [1.165, 1.54) is 18.8 Å². The van der Waals surface area contributed by atoms with E-state index in [0.29, 0.717) is 40.7 Å². The number of anilines is 1. The molecule has 30 heavy (non-hydrogen) atoms. The van der Waals surface area contributed by atoms with Gasteiger partial charge in [-0.3, -0.25) is 14.3 Å². The summed E-state index contributed by atoms with van der Waals surface area (Å²) in [7, 11) is 3.05. The van der Waals surface area contributed by atoms with Crippen LogP contribution in [-0.2, 0) is 16.1 Å². The first-order valence-corrected chi connectivity index (χ1v) is 9.76. The predicted octanol–water partition coefficient (Wildman–Crippen LogP) is 1.72. The number of hydrogen-bond donors (Lipinski definition) is 2. The zero-order chi connectivity index (χ0) is 21.4. The largest absolute Gasteiger partial charge is 0.497 e. The second kappa shape index (κ2) is 7.74. The Morgan fingerprint density at radius 1 is 1.20 bits per heavy atom. The number of rotatable bonds is 6. The number of ether oxygens (including phenoxy) is 3. The van der Waals surface area contributed by atoms with Crippen LogP contribution in [0.2, 0.25) is 0 Å². The van der Waals surface area contributed by atoms with Gasteiger partial charge in [-0.1, -0.05) is 13.3 Å². The van der Waals surface area contributed by atoms with Crippen LogP contribution in [0.3, 0.4) is 0 Å². The summed E-state index contributed by atoms with van der Waals surface area (Å²) in [5.74, 6) is 0.141. The Morgan fingerprint density at radius 2 is 2.00 bits per heavy atom. The van der Waals surface area contributed by atoms with Crippen LogP contribution < -0.4 is 26.0 Å². The van der Waals surface area contributed by atoms with Gasteiger partial charge in [0.25, 0.3) is 5.56 Å². The van der Waals surface area contributed by atoms with Crippen molar-refractivity contribution >= 4 is 11.8 Å². The molecule has 0 amide bonds. The van der Waals surface area contributed by atoms with Crippen molar-refractivity contribution in [3.8, 4) is 11.5 Å². The highest BCUT2D eigenvalue weighted by atomic mass is 16.5. The molecule has 9 nitrogen and oxygen atoms in total. The van der Waals surface area contributed by atoms with Gasteiger partial charge < -0.3 is 19.5 Å². The van der Waals surface area contributed by atoms with E-state index in [-0.39, 0.29) is 12.2 Å². The van der Waals surface area contributed by atoms with E-state index in [2.05, 4.69) is 10.3 Å². The molecular formula is C21H23N3O6. The molecule has 1 aromatic carbocycles. The van der Waals surface area contributed by atoms with Crippen molar-refractivity contribution in [2.24, 2.45) is 0 Å². The summed E-state index contributed by atoms with van der Waals surface area (Å²) < 4.78 is 17.6. The van der Waals surface area contributed by atoms with Crippen molar-refractivity contribution in [1.82, 2.24) is 9.55 Å². The van der Waals surface area contributed by atoms with Crippen molar-refractivity contribution in [3.63, 3.8) is 0 Å². The molecule has 9 heteroatoms. The molecular weight excluding hydrogens is 390 g/mol. The quantitative estimate of drug-likeness (QED) is 0.694. The Labute approximate surface area is 172 Å². The summed E-state index contributed by atoms with van der Waals surface area (Å²) in [6, 6.07) is 5.19. The Kier molecular flexibility index (Phi) is 5.11. The molecule has 0 bridgehead atoms. The third kappa shape index (κ3) is 3.06. The molecule has 0 aliphatic carbocycles. The standard InChI is InChI=1S/C21H23N3O6/c1-4-5-8-24-18-17(19(25)23-21(24)27)15(16-13(22-18)10-30-20(16)26)12-9-11(28-2)6-7-14(12)29-3/h6-7,9,15,22H,4-5,8,10H2,1-3H3,(H,23,25,27). The number of carbonyl (C=O) groups excluding carboxylic acids is 1. The monoisotopic (exact) mass is 413 g/mol. The maximum Gasteiger partial charge on any atom is 0.337 e. The number of H-pyrrole nitrogens is 1. The number of carbonyl (C=O) groups is 1. The number of fused-ring (bicyclic) bond motifs is 1. The first-order valence-electron chi connectivity index (χ1n) is 9.76. The van der Waals surface area contributed by atoms with Crippen molar-refractivity contribution in [2.75, 3.05) is 26.1 Å². The van der Waals surface area contributed by atoms with E-state index >= 15 is 0 Å². The van der Waals surface area contributed by atoms with Gasteiger partial charge in [-0.2, -0.15) is 0 Å². The number of unbranched alkanes of at least 4 members (excludes halogenated alkanes) is 1. The van der Waals surface area contributed by atoms with E-state index in [9.17, 15) is 14.4 Å². The average molecular weight is 413 g/mol. The highest BCUT2D eigenvalue weighted by Gasteiger charge is 2.42. The van der Waals surface area contributed by atoms with Crippen LogP contribution in [0.1, 0.15) is 36.8 Å². The average Bonchev–Trinajstić information content (AvgIpc) is 3.12. The molecule has 1 aromatic heterocycles. The van der Waals surface area contributed by atoms with E-state index in [1.54, 1.807) is 18.2 Å². The number of cyclic esters (lactones) is 1. The molecule has 0 saturated carbocycles. The topological polar surface area (TPSA) is 112 Å². The lowest BCUT2D eigenvalue weighted by Crippen LogP contribution is -2.38. The van der Waals surface area contributed by atoms with Crippen LogP contribution in [0.25, 0.3) is 0 Å². The number of esters is 1. The smallest absolute Gasteiger partial charge is 0.337 e. The molecule has 0 saturated heterocycles. The molecule has 158 valence electrons. The molecule has 2 aliphatic rings.